The molecule has 0 spiro atoms. The molecule has 1 aliphatic rings. The highest BCUT2D eigenvalue weighted by Gasteiger charge is 2.29. The van der Waals surface area contributed by atoms with E-state index in [1.807, 2.05) is 0 Å². The summed E-state index contributed by atoms with van der Waals surface area (Å²) < 4.78 is 5.20. The van der Waals surface area contributed by atoms with Gasteiger partial charge in [0.15, 0.2) is 0 Å². The summed E-state index contributed by atoms with van der Waals surface area (Å²) in [6.07, 6.45) is 1.13. The van der Waals surface area contributed by atoms with Crippen molar-refractivity contribution >= 4 is 17.3 Å². The highest BCUT2D eigenvalue weighted by molar-refractivity contribution is 6.30. The van der Waals surface area contributed by atoms with E-state index in [1.165, 1.54) is 12.1 Å². The highest BCUT2D eigenvalue weighted by Crippen LogP contribution is 2.23. The maximum absolute atomic E-state index is 10.9. The molecule has 0 amide bonds. The lowest BCUT2D eigenvalue weighted by molar-refractivity contribution is -0.385. The Morgan fingerprint density at radius 1 is 1.45 bits per heavy atom. The third kappa shape index (κ3) is 3.89. The third-order valence-corrected chi connectivity index (χ3v) is 3.67. The van der Waals surface area contributed by atoms with Crippen LogP contribution in [-0.4, -0.2) is 35.4 Å². The van der Waals surface area contributed by atoms with Crippen molar-refractivity contribution in [1.82, 2.24) is 5.32 Å². The minimum Gasteiger partial charge on any atom is -0.388 e. The molecule has 1 saturated heterocycles. The molecule has 20 heavy (non-hydrogen) atoms. The quantitative estimate of drug-likeness (QED) is 0.640. The number of hydrogen-bond donors (Lipinski definition) is 2. The first-order valence-corrected chi connectivity index (χ1v) is 6.82. The maximum Gasteiger partial charge on any atom is 0.273 e. The summed E-state index contributed by atoms with van der Waals surface area (Å²) in [6, 6.07) is 4.46. The second kappa shape index (κ2) is 6.49. The lowest BCUT2D eigenvalue weighted by Crippen LogP contribution is -2.44. The third-order valence-electron chi connectivity index (χ3n) is 3.43. The Hall–Kier alpha value is -1.21. The summed E-state index contributed by atoms with van der Waals surface area (Å²) in [7, 11) is 0. The summed E-state index contributed by atoms with van der Waals surface area (Å²) in [5, 5.41) is 24.7. The van der Waals surface area contributed by atoms with Gasteiger partial charge in [-0.05, 0) is 12.1 Å². The molecule has 0 saturated carbocycles. The molecule has 0 atom stereocenters. The summed E-state index contributed by atoms with van der Waals surface area (Å²) in [4.78, 5) is 10.5. The maximum atomic E-state index is 10.9. The number of nitrogens with zero attached hydrogens (tertiary/aromatic N) is 1. The van der Waals surface area contributed by atoms with Gasteiger partial charge in [-0.1, -0.05) is 11.6 Å². The predicted molar refractivity (Wildman–Crippen MR) is 74.8 cm³/mol. The van der Waals surface area contributed by atoms with E-state index in [9.17, 15) is 15.2 Å². The van der Waals surface area contributed by atoms with Crippen LogP contribution in [0.25, 0.3) is 0 Å². The number of nitrogens with one attached hydrogen (secondary N) is 1. The molecule has 0 radical (unpaired) electrons. The van der Waals surface area contributed by atoms with E-state index < -0.39 is 10.5 Å². The minimum absolute atomic E-state index is 0.0286. The Kier molecular flexibility index (Phi) is 4.93. The fourth-order valence-electron chi connectivity index (χ4n) is 2.23. The second-order valence-corrected chi connectivity index (χ2v) is 5.41. The monoisotopic (exact) mass is 300 g/mol. The van der Waals surface area contributed by atoms with Crippen molar-refractivity contribution in [2.24, 2.45) is 0 Å². The topological polar surface area (TPSA) is 84.6 Å². The largest absolute Gasteiger partial charge is 0.388 e. The van der Waals surface area contributed by atoms with Crippen molar-refractivity contribution in [2.45, 2.75) is 25.0 Å². The fourth-order valence-corrected chi connectivity index (χ4v) is 2.43. The van der Waals surface area contributed by atoms with Gasteiger partial charge in [-0.15, -0.1) is 0 Å². The second-order valence-electron chi connectivity index (χ2n) is 4.97. The molecule has 1 heterocycles. The van der Waals surface area contributed by atoms with E-state index in [0.717, 1.165) is 0 Å². The van der Waals surface area contributed by atoms with Crippen LogP contribution in [0, 0.1) is 10.1 Å². The molecule has 2 N–H and O–H groups in total. The van der Waals surface area contributed by atoms with Crippen molar-refractivity contribution in [3.05, 3.63) is 38.9 Å². The van der Waals surface area contributed by atoms with Gasteiger partial charge < -0.3 is 15.2 Å². The zero-order valence-corrected chi connectivity index (χ0v) is 11.7. The first-order valence-electron chi connectivity index (χ1n) is 6.44. The molecular weight excluding hydrogens is 284 g/mol. The van der Waals surface area contributed by atoms with Crippen LogP contribution in [0.1, 0.15) is 18.4 Å². The van der Waals surface area contributed by atoms with Crippen molar-refractivity contribution in [3.8, 4) is 0 Å². The standard InChI is InChI=1S/C13H17ClN2O4/c14-11-1-2-12(16(18)19)10(7-11)8-15-9-13(17)3-5-20-6-4-13/h1-2,7,15,17H,3-6,8-9H2. The van der Waals surface area contributed by atoms with Crippen LogP contribution in [0.3, 0.4) is 0 Å². The molecule has 0 bridgehead atoms. The Morgan fingerprint density at radius 2 is 2.15 bits per heavy atom. The zero-order valence-electron chi connectivity index (χ0n) is 11.0. The van der Waals surface area contributed by atoms with Crippen LogP contribution in [0.5, 0.6) is 0 Å². The molecule has 7 heteroatoms. The Morgan fingerprint density at radius 3 is 2.80 bits per heavy atom. The smallest absolute Gasteiger partial charge is 0.273 e. The van der Waals surface area contributed by atoms with E-state index in [4.69, 9.17) is 16.3 Å². The van der Waals surface area contributed by atoms with Gasteiger partial charge in [0.05, 0.1) is 10.5 Å². The molecule has 0 aromatic heterocycles. The van der Waals surface area contributed by atoms with E-state index in [2.05, 4.69) is 5.32 Å². The number of benzene rings is 1. The summed E-state index contributed by atoms with van der Waals surface area (Å²) in [5.41, 5.74) is -0.259. The van der Waals surface area contributed by atoms with Gasteiger partial charge >= 0.3 is 0 Å². The molecule has 1 aromatic rings. The lowest BCUT2D eigenvalue weighted by atomic mass is 9.94. The Labute approximate surface area is 121 Å². The molecule has 1 fully saturated rings. The molecule has 0 unspecified atom stereocenters. The van der Waals surface area contributed by atoms with Crippen LogP contribution in [0.4, 0.5) is 5.69 Å². The number of nitro groups is 1. The minimum atomic E-state index is -0.800. The number of hydrogen-bond acceptors (Lipinski definition) is 5. The van der Waals surface area contributed by atoms with E-state index in [1.54, 1.807) is 6.07 Å². The predicted octanol–water partition coefficient (Wildman–Crippen LogP) is 1.88. The fraction of sp³-hybridized carbons (Fsp3) is 0.538. The number of nitro benzene ring substituents is 1. The molecule has 2 rings (SSSR count). The van der Waals surface area contributed by atoms with E-state index in [-0.39, 0.29) is 5.69 Å². The van der Waals surface area contributed by atoms with Gasteiger partial charge in [-0.3, -0.25) is 10.1 Å². The average Bonchev–Trinajstić information content (AvgIpc) is 2.39. The van der Waals surface area contributed by atoms with Gasteiger partial charge in [0, 0.05) is 55.8 Å². The van der Waals surface area contributed by atoms with Gasteiger partial charge in [-0.25, -0.2) is 0 Å². The van der Waals surface area contributed by atoms with Crippen LogP contribution >= 0.6 is 11.6 Å². The SMILES string of the molecule is O=[N+]([O-])c1ccc(Cl)cc1CNCC1(O)CCOCC1. The van der Waals surface area contributed by atoms with Crippen LogP contribution < -0.4 is 5.32 Å². The van der Waals surface area contributed by atoms with Crippen molar-refractivity contribution in [1.29, 1.82) is 0 Å². The summed E-state index contributed by atoms with van der Waals surface area (Å²) >= 11 is 5.86. The summed E-state index contributed by atoms with van der Waals surface area (Å²) in [5.74, 6) is 0. The van der Waals surface area contributed by atoms with Gasteiger partial charge in [-0.2, -0.15) is 0 Å². The Balaban J connectivity index is 1.96. The van der Waals surface area contributed by atoms with E-state index in [0.29, 0.717) is 49.7 Å². The number of halogens is 1. The zero-order chi connectivity index (χ0) is 14.6. The molecular formula is C13H17ClN2O4. The van der Waals surface area contributed by atoms with Crippen molar-refractivity contribution < 1.29 is 14.8 Å². The molecule has 0 aliphatic carbocycles. The molecule has 110 valence electrons. The van der Waals surface area contributed by atoms with E-state index >= 15 is 0 Å². The van der Waals surface area contributed by atoms with Gasteiger partial charge in [0.2, 0.25) is 0 Å². The number of aliphatic hydroxyl groups is 1. The summed E-state index contributed by atoms with van der Waals surface area (Å²) in [6.45, 7) is 1.74. The first kappa shape index (κ1) is 15.2. The van der Waals surface area contributed by atoms with Crippen LogP contribution in [0.15, 0.2) is 18.2 Å². The normalized spacial score (nSPS) is 17.9. The first-order chi connectivity index (χ1) is 9.50. The number of ether oxygens (including phenoxy) is 1. The van der Waals surface area contributed by atoms with Gasteiger partial charge in [0.25, 0.3) is 5.69 Å². The van der Waals surface area contributed by atoms with Crippen molar-refractivity contribution in [2.75, 3.05) is 19.8 Å². The highest BCUT2D eigenvalue weighted by atomic mass is 35.5. The lowest BCUT2D eigenvalue weighted by Gasteiger charge is -2.32. The van der Waals surface area contributed by atoms with Crippen molar-refractivity contribution in [3.63, 3.8) is 0 Å². The number of rotatable bonds is 5. The van der Waals surface area contributed by atoms with Crippen LogP contribution in [0.2, 0.25) is 5.02 Å². The average molecular weight is 301 g/mol. The molecule has 6 nitrogen and oxygen atoms in total. The Bertz CT molecular complexity index is 489. The molecule has 1 aliphatic heterocycles. The van der Waals surface area contributed by atoms with Gasteiger partial charge in [0.1, 0.15) is 0 Å². The molecule has 1 aromatic carbocycles. The van der Waals surface area contributed by atoms with Crippen LogP contribution in [-0.2, 0) is 11.3 Å².